The van der Waals surface area contributed by atoms with Crippen LogP contribution < -0.4 is 15.6 Å². The summed E-state index contributed by atoms with van der Waals surface area (Å²) in [5.74, 6) is 0.377. The van der Waals surface area contributed by atoms with E-state index in [2.05, 4.69) is 15.3 Å². The van der Waals surface area contributed by atoms with E-state index in [1.165, 1.54) is 17.0 Å². The summed E-state index contributed by atoms with van der Waals surface area (Å²) < 4.78 is 13.9. The molecule has 0 aliphatic rings. The van der Waals surface area contributed by atoms with Crippen LogP contribution >= 0.6 is 0 Å². The Kier molecular flexibility index (Phi) is 3.91. The van der Waals surface area contributed by atoms with Crippen LogP contribution in [-0.2, 0) is 18.4 Å². The second-order valence-electron chi connectivity index (χ2n) is 6.17. The number of ether oxygens (including phenoxy) is 1. The summed E-state index contributed by atoms with van der Waals surface area (Å²) in [5.41, 5.74) is 3.11. The summed E-state index contributed by atoms with van der Waals surface area (Å²) in [6, 6.07) is 6.76. The van der Waals surface area contributed by atoms with Gasteiger partial charge in [-0.15, -0.1) is 0 Å². The van der Waals surface area contributed by atoms with Crippen molar-refractivity contribution in [1.82, 2.24) is 19.1 Å². The molecule has 0 aliphatic heterocycles. The maximum absolute atomic E-state index is 12.4. The van der Waals surface area contributed by atoms with Crippen molar-refractivity contribution in [2.75, 3.05) is 12.4 Å². The lowest BCUT2D eigenvalue weighted by molar-refractivity contribution is -0.116. The van der Waals surface area contributed by atoms with E-state index in [1.54, 1.807) is 36.9 Å². The van der Waals surface area contributed by atoms with Gasteiger partial charge >= 0.3 is 6.01 Å². The van der Waals surface area contributed by atoms with Gasteiger partial charge < -0.3 is 13.7 Å². The molecule has 138 valence electrons. The average Bonchev–Trinajstić information content (AvgIpc) is 3.20. The summed E-state index contributed by atoms with van der Waals surface area (Å²) >= 11 is 0. The van der Waals surface area contributed by atoms with Crippen LogP contribution in [0.3, 0.4) is 0 Å². The molecule has 3 heterocycles. The number of pyridine rings is 1. The van der Waals surface area contributed by atoms with E-state index < -0.39 is 0 Å². The molecule has 0 fully saturated rings. The number of methoxy groups -OCH3 is 1. The van der Waals surface area contributed by atoms with Crippen molar-refractivity contribution in [3.05, 3.63) is 46.5 Å². The first-order chi connectivity index (χ1) is 13.0. The Morgan fingerprint density at radius 3 is 2.93 bits per heavy atom. The first-order valence-corrected chi connectivity index (χ1v) is 8.22. The SMILES string of the molecule is COc1cc2nc(NC(=O)Cn3cnc4c3ccc(=O)n4C)oc2cc1C. The molecule has 9 nitrogen and oxygen atoms in total. The zero-order valence-electron chi connectivity index (χ0n) is 15.0. The van der Waals surface area contributed by atoms with Crippen LogP contribution in [0.15, 0.2) is 39.8 Å². The molecule has 9 heteroatoms. The van der Waals surface area contributed by atoms with Gasteiger partial charge in [0.05, 0.1) is 19.0 Å². The predicted molar refractivity (Wildman–Crippen MR) is 98.9 cm³/mol. The number of benzene rings is 1. The first-order valence-electron chi connectivity index (χ1n) is 8.22. The number of hydrogen-bond acceptors (Lipinski definition) is 6. The van der Waals surface area contributed by atoms with Gasteiger partial charge in [-0.2, -0.15) is 4.98 Å². The maximum atomic E-state index is 12.4. The highest BCUT2D eigenvalue weighted by Crippen LogP contribution is 2.27. The first kappa shape index (κ1) is 16.8. The largest absolute Gasteiger partial charge is 0.496 e. The molecule has 1 amide bonds. The number of rotatable bonds is 4. The number of oxazole rings is 1. The number of amides is 1. The average molecular weight is 367 g/mol. The lowest BCUT2D eigenvalue weighted by Crippen LogP contribution is -2.19. The number of aryl methyl sites for hydroxylation is 2. The molecule has 0 aliphatic carbocycles. The number of carbonyl (C=O) groups excluding carboxylic acids is 1. The topological polar surface area (TPSA) is 104 Å². The van der Waals surface area contributed by atoms with Gasteiger partial charge in [-0.1, -0.05) is 0 Å². The second-order valence-corrected chi connectivity index (χ2v) is 6.17. The Morgan fingerprint density at radius 2 is 2.15 bits per heavy atom. The smallest absolute Gasteiger partial charge is 0.302 e. The Morgan fingerprint density at radius 1 is 1.33 bits per heavy atom. The van der Waals surface area contributed by atoms with Crippen LogP contribution in [0.5, 0.6) is 5.75 Å². The van der Waals surface area contributed by atoms with Crippen molar-refractivity contribution in [2.24, 2.45) is 7.05 Å². The summed E-state index contributed by atoms with van der Waals surface area (Å²) in [7, 11) is 3.22. The van der Waals surface area contributed by atoms with Crippen molar-refractivity contribution < 1.29 is 13.9 Å². The molecule has 3 aromatic heterocycles. The van der Waals surface area contributed by atoms with Crippen LogP contribution in [0.4, 0.5) is 6.01 Å². The van der Waals surface area contributed by atoms with E-state index >= 15 is 0 Å². The van der Waals surface area contributed by atoms with Gasteiger partial charge in [0, 0.05) is 19.2 Å². The molecule has 0 radical (unpaired) electrons. The molecule has 0 unspecified atom stereocenters. The van der Waals surface area contributed by atoms with Crippen molar-refractivity contribution in [3.8, 4) is 5.75 Å². The molecule has 0 spiro atoms. The zero-order chi connectivity index (χ0) is 19.1. The minimum atomic E-state index is -0.321. The maximum Gasteiger partial charge on any atom is 0.302 e. The molecule has 4 rings (SSSR count). The predicted octanol–water partition coefficient (Wildman–Crippen LogP) is 1.83. The highest BCUT2D eigenvalue weighted by atomic mass is 16.5. The van der Waals surface area contributed by atoms with E-state index in [4.69, 9.17) is 9.15 Å². The number of imidazole rings is 1. The third kappa shape index (κ3) is 2.92. The van der Waals surface area contributed by atoms with E-state index in [0.717, 1.165) is 5.56 Å². The Hall–Kier alpha value is -3.62. The van der Waals surface area contributed by atoms with Crippen LogP contribution in [0.25, 0.3) is 22.3 Å². The summed E-state index contributed by atoms with van der Waals surface area (Å²) in [5, 5.41) is 2.64. The normalized spacial score (nSPS) is 11.2. The molecule has 0 bridgehead atoms. The number of nitrogens with one attached hydrogen (secondary N) is 1. The fourth-order valence-corrected chi connectivity index (χ4v) is 2.95. The van der Waals surface area contributed by atoms with Crippen LogP contribution in [0.2, 0.25) is 0 Å². The highest BCUT2D eigenvalue weighted by Gasteiger charge is 2.14. The molecule has 1 aromatic carbocycles. The minimum Gasteiger partial charge on any atom is -0.496 e. The number of anilines is 1. The van der Waals surface area contributed by atoms with Crippen molar-refractivity contribution >= 4 is 34.2 Å². The lowest BCUT2D eigenvalue weighted by atomic mass is 10.2. The summed E-state index contributed by atoms with van der Waals surface area (Å²) in [6.07, 6.45) is 1.52. The highest BCUT2D eigenvalue weighted by molar-refractivity contribution is 5.91. The van der Waals surface area contributed by atoms with Crippen molar-refractivity contribution in [1.29, 1.82) is 0 Å². The third-order valence-corrected chi connectivity index (χ3v) is 4.36. The quantitative estimate of drug-likeness (QED) is 0.590. The molecule has 27 heavy (non-hydrogen) atoms. The van der Waals surface area contributed by atoms with E-state index in [0.29, 0.717) is 28.0 Å². The fraction of sp³-hybridized carbons (Fsp3) is 0.222. The van der Waals surface area contributed by atoms with Crippen molar-refractivity contribution in [2.45, 2.75) is 13.5 Å². The molecule has 4 aromatic rings. The molecular formula is C18H17N5O4. The van der Waals surface area contributed by atoms with Gasteiger partial charge in [-0.25, -0.2) is 4.98 Å². The Balaban J connectivity index is 1.57. The van der Waals surface area contributed by atoms with E-state index in [-0.39, 0.29) is 24.0 Å². The Labute approximate surface area is 153 Å². The second kappa shape index (κ2) is 6.27. The van der Waals surface area contributed by atoms with Crippen molar-refractivity contribution in [3.63, 3.8) is 0 Å². The number of hydrogen-bond donors (Lipinski definition) is 1. The molecule has 0 saturated heterocycles. The number of fused-ring (bicyclic) bond motifs is 2. The van der Waals surface area contributed by atoms with Gasteiger partial charge in [-0.05, 0) is 24.6 Å². The molecule has 1 N–H and O–H groups in total. The van der Waals surface area contributed by atoms with E-state index in [1.807, 2.05) is 6.92 Å². The molecule has 0 saturated carbocycles. The molecule has 0 atom stereocenters. The molecular weight excluding hydrogens is 350 g/mol. The number of nitrogens with zero attached hydrogens (tertiary/aromatic N) is 4. The van der Waals surface area contributed by atoms with Gasteiger partial charge in [0.15, 0.2) is 11.2 Å². The van der Waals surface area contributed by atoms with Gasteiger partial charge in [-0.3, -0.25) is 19.5 Å². The monoisotopic (exact) mass is 367 g/mol. The van der Waals surface area contributed by atoms with Crippen LogP contribution in [-0.4, -0.2) is 32.1 Å². The summed E-state index contributed by atoms with van der Waals surface area (Å²) in [6.45, 7) is 1.91. The van der Waals surface area contributed by atoms with Crippen LogP contribution in [0.1, 0.15) is 5.56 Å². The van der Waals surface area contributed by atoms with Crippen LogP contribution in [0, 0.1) is 6.92 Å². The summed E-state index contributed by atoms with van der Waals surface area (Å²) in [4.78, 5) is 32.5. The fourth-order valence-electron chi connectivity index (χ4n) is 2.95. The van der Waals surface area contributed by atoms with Gasteiger partial charge in [0.2, 0.25) is 5.91 Å². The Bertz CT molecular complexity index is 1230. The lowest BCUT2D eigenvalue weighted by Gasteiger charge is -2.04. The third-order valence-electron chi connectivity index (χ3n) is 4.36. The van der Waals surface area contributed by atoms with E-state index in [9.17, 15) is 9.59 Å². The minimum absolute atomic E-state index is 0.00970. The number of aromatic nitrogens is 4. The van der Waals surface area contributed by atoms with Gasteiger partial charge in [0.1, 0.15) is 17.8 Å². The number of carbonyl (C=O) groups is 1. The standard InChI is InChI=1S/C18H17N5O4/c1-10-6-14-11(7-13(10)26-3)20-18(27-14)21-15(24)8-23-9-19-17-12(23)4-5-16(25)22(17)2/h4-7,9H,8H2,1-3H3,(H,20,21,24). The van der Waals surface area contributed by atoms with Gasteiger partial charge in [0.25, 0.3) is 5.56 Å². The zero-order valence-corrected chi connectivity index (χ0v) is 15.0.